The molecule has 1 atom stereocenters. The van der Waals surface area contributed by atoms with Gasteiger partial charge in [0.2, 0.25) is 0 Å². The van der Waals surface area contributed by atoms with Gasteiger partial charge in [0, 0.05) is 11.6 Å². The Kier molecular flexibility index (Phi) is 4.77. The molecule has 1 aliphatic heterocycles. The van der Waals surface area contributed by atoms with Crippen LogP contribution in [-0.2, 0) is 14.3 Å². The topological polar surface area (TPSA) is 85.3 Å². The summed E-state index contributed by atoms with van der Waals surface area (Å²) in [5, 5.41) is 10.3. The summed E-state index contributed by atoms with van der Waals surface area (Å²) in [5.41, 5.74) is 0.477. The largest absolute Gasteiger partial charge is 0.497 e. The zero-order valence-corrected chi connectivity index (χ0v) is 11.9. The summed E-state index contributed by atoms with van der Waals surface area (Å²) < 4.78 is 15.1. The van der Waals surface area contributed by atoms with Crippen molar-refractivity contribution in [3.8, 4) is 11.5 Å². The smallest absolute Gasteiger partial charge is 0.255 e. The van der Waals surface area contributed by atoms with Crippen LogP contribution in [-0.4, -0.2) is 55.8 Å². The van der Waals surface area contributed by atoms with Crippen molar-refractivity contribution in [2.75, 3.05) is 34.0 Å². The highest BCUT2D eigenvalue weighted by atomic mass is 16.5. The lowest BCUT2D eigenvalue weighted by atomic mass is 10.1. The first-order valence-corrected chi connectivity index (χ1v) is 6.37. The number of ether oxygens (including phenoxy) is 3. The molecular weight excluding hydrogens is 278 g/mol. The lowest BCUT2D eigenvalue weighted by Crippen LogP contribution is -2.47. The maximum absolute atomic E-state index is 11.6. The molecule has 2 amide bonds. The Balaban J connectivity index is 2.17. The average molecular weight is 295 g/mol. The summed E-state index contributed by atoms with van der Waals surface area (Å²) in [6.45, 7) is -0.444. The first-order chi connectivity index (χ1) is 10.1. The number of morpholine rings is 1. The number of benzene rings is 1. The summed E-state index contributed by atoms with van der Waals surface area (Å²) in [4.78, 5) is 24.3. The number of amides is 2. The van der Waals surface area contributed by atoms with Gasteiger partial charge in [-0.2, -0.15) is 0 Å². The van der Waals surface area contributed by atoms with Gasteiger partial charge in [-0.25, -0.2) is 0 Å². The molecule has 7 heteroatoms. The van der Waals surface area contributed by atoms with Gasteiger partial charge >= 0.3 is 0 Å². The molecule has 0 spiro atoms. The summed E-state index contributed by atoms with van der Waals surface area (Å²) in [6.07, 6.45) is -1.04. The van der Waals surface area contributed by atoms with Gasteiger partial charge in [0.05, 0.1) is 20.8 Å². The molecule has 0 saturated carbocycles. The van der Waals surface area contributed by atoms with Crippen LogP contribution in [0.25, 0.3) is 0 Å². The second kappa shape index (κ2) is 6.55. The van der Waals surface area contributed by atoms with Gasteiger partial charge in [0.25, 0.3) is 11.8 Å². The molecule has 2 rings (SSSR count). The second-order valence-corrected chi connectivity index (χ2v) is 4.51. The molecule has 0 radical (unpaired) electrons. The Hall–Kier alpha value is -2.12. The van der Waals surface area contributed by atoms with Crippen LogP contribution in [0.15, 0.2) is 18.2 Å². The van der Waals surface area contributed by atoms with E-state index in [0.29, 0.717) is 17.1 Å². The summed E-state index contributed by atoms with van der Waals surface area (Å²) >= 11 is 0. The Labute approximate surface area is 122 Å². The van der Waals surface area contributed by atoms with Crippen LogP contribution in [0.3, 0.4) is 0 Å². The number of rotatable bonds is 5. The molecule has 21 heavy (non-hydrogen) atoms. The lowest BCUT2D eigenvalue weighted by molar-refractivity contribution is -0.160. The first-order valence-electron chi connectivity index (χ1n) is 6.37. The molecular formula is C14H17NO6. The minimum atomic E-state index is -1.04. The normalized spacial score (nSPS) is 16.8. The number of methoxy groups -OCH3 is 2. The lowest BCUT2D eigenvalue weighted by Gasteiger charge is -2.27. The molecule has 114 valence electrons. The van der Waals surface area contributed by atoms with Gasteiger partial charge in [-0.05, 0) is 12.1 Å². The number of carbonyl (C=O) groups is 2. The fourth-order valence-corrected chi connectivity index (χ4v) is 2.09. The SMILES string of the molecule is COc1ccc(C(O)CN2C(=O)COCC2=O)c(OC)c1. The van der Waals surface area contributed by atoms with Crippen molar-refractivity contribution in [3.63, 3.8) is 0 Å². The maximum Gasteiger partial charge on any atom is 0.255 e. The number of imide groups is 1. The maximum atomic E-state index is 11.6. The number of β-amino-alcohol motifs (C(OH)–C–C–N with tert-alkyl or cyclic N) is 1. The fourth-order valence-electron chi connectivity index (χ4n) is 2.09. The number of carbonyl (C=O) groups excluding carboxylic acids is 2. The molecule has 1 aliphatic rings. The minimum Gasteiger partial charge on any atom is -0.497 e. The number of nitrogens with zero attached hydrogens (tertiary/aromatic N) is 1. The second-order valence-electron chi connectivity index (χ2n) is 4.51. The molecule has 1 aromatic rings. The van der Waals surface area contributed by atoms with Gasteiger partial charge in [0.1, 0.15) is 30.8 Å². The monoisotopic (exact) mass is 295 g/mol. The average Bonchev–Trinajstić information content (AvgIpc) is 2.50. The molecule has 1 aromatic carbocycles. The van der Waals surface area contributed by atoms with Crippen molar-refractivity contribution in [3.05, 3.63) is 23.8 Å². The van der Waals surface area contributed by atoms with E-state index in [1.54, 1.807) is 18.2 Å². The van der Waals surface area contributed by atoms with E-state index in [2.05, 4.69) is 0 Å². The van der Waals surface area contributed by atoms with Crippen molar-refractivity contribution < 1.29 is 28.9 Å². The molecule has 1 N–H and O–H groups in total. The van der Waals surface area contributed by atoms with Gasteiger partial charge < -0.3 is 19.3 Å². The van der Waals surface area contributed by atoms with Crippen LogP contribution >= 0.6 is 0 Å². The molecule has 0 aromatic heterocycles. The molecule has 1 fully saturated rings. The van der Waals surface area contributed by atoms with Gasteiger partial charge in [0.15, 0.2) is 0 Å². The first kappa shape index (κ1) is 15.3. The highest BCUT2D eigenvalue weighted by Gasteiger charge is 2.29. The predicted molar refractivity (Wildman–Crippen MR) is 72.0 cm³/mol. The quantitative estimate of drug-likeness (QED) is 0.777. The highest BCUT2D eigenvalue weighted by Crippen LogP contribution is 2.30. The Morgan fingerprint density at radius 2 is 1.90 bits per heavy atom. The molecule has 7 nitrogen and oxygen atoms in total. The number of hydrogen-bond donors (Lipinski definition) is 1. The fraction of sp³-hybridized carbons (Fsp3) is 0.429. The molecule has 1 heterocycles. The van der Waals surface area contributed by atoms with E-state index in [1.807, 2.05) is 0 Å². The standard InChI is InChI=1S/C14H17NO6/c1-19-9-3-4-10(12(5-9)20-2)11(16)6-15-13(17)7-21-8-14(15)18/h3-5,11,16H,6-8H2,1-2H3. The van der Waals surface area contributed by atoms with Crippen LogP contribution < -0.4 is 9.47 Å². The zero-order chi connectivity index (χ0) is 15.4. The molecule has 0 aliphatic carbocycles. The Morgan fingerprint density at radius 1 is 1.24 bits per heavy atom. The molecule has 1 saturated heterocycles. The van der Waals surface area contributed by atoms with Crippen LogP contribution in [0.5, 0.6) is 11.5 Å². The number of aliphatic hydroxyl groups is 1. The predicted octanol–water partition coefficient (Wildman–Crippen LogP) is 0.123. The van der Waals surface area contributed by atoms with Gasteiger partial charge in [-0.1, -0.05) is 0 Å². The molecule has 1 unspecified atom stereocenters. The molecule has 0 bridgehead atoms. The third-order valence-electron chi connectivity index (χ3n) is 3.21. The van der Waals surface area contributed by atoms with E-state index in [1.165, 1.54) is 14.2 Å². The summed E-state index contributed by atoms with van der Waals surface area (Å²) in [7, 11) is 2.99. The van der Waals surface area contributed by atoms with Crippen LogP contribution in [0.4, 0.5) is 0 Å². The summed E-state index contributed by atoms with van der Waals surface area (Å²) in [5.74, 6) is 0.0897. The van der Waals surface area contributed by atoms with Gasteiger partial charge in [-0.3, -0.25) is 14.5 Å². The van der Waals surface area contributed by atoms with Crippen molar-refractivity contribution in [1.82, 2.24) is 4.90 Å². The minimum absolute atomic E-state index is 0.135. The van der Waals surface area contributed by atoms with Crippen LogP contribution in [0.1, 0.15) is 11.7 Å². The van der Waals surface area contributed by atoms with Crippen molar-refractivity contribution in [2.24, 2.45) is 0 Å². The van der Waals surface area contributed by atoms with Gasteiger partial charge in [-0.15, -0.1) is 0 Å². The van der Waals surface area contributed by atoms with E-state index in [4.69, 9.17) is 14.2 Å². The van der Waals surface area contributed by atoms with Crippen molar-refractivity contribution >= 4 is 11.8 Å². The van der Waals surface area contributed by atoms with Crippen molar-refractivity contribution in [2.45, 2.75) is 6.10 Å². The van der Waals surface area contributed by atoms with E-state index >= 15 is 0 Å². The summed E-state index contributed by atoms with van der Waals surface area (Å²) in [6, 6.07) is 4.93. The third-order valence-corrected chi connectivity index (χ3v) is 3.21. The zero-order valence-electron chi connectivity index (χ0n) is 11.9. The Bertz CT molecular complexity index is 528. The van der Waals surface area contributed by atoms with E-state index < -0.39 is 17.9 Å². The number of hydrogen-bond acceptors (Lipinski definition) is 6. The van der Waals surface area contributed by atoms with Crippen molar-refractivity contribution in [1.29, 1.82) is 0 Å². The van der Waals surface area contributed by atoms with E-state index in [9.17, 15) is 14.7 Å². The van der Waals surface area contributed by atoms with Crippen LogP contribution in [0.2, 0.25) is 0 Å². The highest BCUT2D eigenvalue weighted by molar-refractivity contribution is 5.98. The number of aliphatic hydroxyl groups excluding tert-OH is 1. The van der Waals surface area contributed by atoms with E-state index in [-0.39, 0.29) is 19.8 Å². The van der Waals surface area contributed by atoms with E-state index in [0.717, 1.165) is 4.90 Å². The third kappa shape index (κ3) is 3.32. The Morgan fingerprint density at radius 3 is 2.48 bits per heavy atom. The van der Waals surface area contributed by atoms with Crippen LogP contribution in [0, 0.1) is 0 Å².